The fraction of sp³-hybridized carbons (Fsp3) is 0.318. The van der Waals surface area contributed by atoms with Gasteiger partial charge >= 0.3 is 6.36 Å². The number of aromatic nitrogens is 1. The van der Waals surface area contributed by atoms with E-state index in [1.807, 2.05) is 24.4 Å². The van der Waals surface area contributed by atoms with E-state index in [0.29, 0.717) is 5.69 Å². The summed E-state index contributed by atoms with van der Waals surface area (Å²) < 4.78 is 41.4. The summed E-state index contributed by atoms with van der Waals surface area (Å²) in [7, 11) is 0. The van der Waals surface area contributed by atoms with Crippen molar-refractivity contribution in [3.05, 3.63) is 72.2 Å². The monoisotopic (exact) mass is 417 g/mol. The molecule has 0 saturated carbocycles. The normalized spacial score (nSPS) is 19.8. The van der Waals surface area contributed by atoms with E-state index in [0.717, 1.165) is 42.8 Å². The van der Waals surface area contributed by atoms with Gasteiger partial charge in [-0.15, -0.1) is 13.2 Å². The largest absolute Gasteiger partial charge is 0.573 e. The highest BCUT2D eigenvalue weighted by Gasteiger charge is 2.33. The van der Waals surface area contributed by atoms with E-state index in [4.69, 9.17) is 0 Å². The topological polar surface area (TPSA) is 48.8 Å². The highest BCUT2D eigenvalue weighted by molar-refractivity contribution is 5.77. The molecular weight excluding hydrogens is 395 g/mol. The molecule has 2 aromatic rings. The number of hydrogen-bond donors (Lipinski definition) is 1. The second-order valence-corrected chi connectivity index (χ2v) is 7.23. The predicted molar refractivity (Wildman–Crippen MR) is 107 cm³/mol. The summed E-state index contributed by atoms with van der Waals surface area (Å²) in [5, 5.41) is 9.26. The van der Waals surface area contributed by atoms with E-state index >= 15 is 0 Å². The first-order chi connectivity index (χ1) is 14.4. The van der Waals surface area contributed by atoms with Crippen molar-refractivity contribution >= 4 is 11.3 Å². The molecule has 1 N–H and O–H groups in total. The number of aliphatic hydroxyl groups excluding tert-OH is 1. The summed E-state index contributed by atoms with van der Waals surface area (Å²) in [5.74, 6) is -0.246. The standard InChI is InChI=1S/C22H22F3N3O2/c23-22(24,25)30-19-9-7-18(8-10-19)28-13-3-4-20(21(28)27-11-1-2-12-27)16-5-6-17(15-29)26-14-16/h3-10,13-14,21,29H,1-2,11-12,15H2. The van der Waals surface area contributed by atoms with Crippen molar-refractivity contribution in [1.29, 1.82) is 0 Å². The number of halogens is 3. The Balaban J connectivity index is 1.65. The molecule has 0 bridgehead atoms. The summed E-state index contributed by atoms with van der Waals surface area (Å²) in [6.45, 7) is 1.75. The number of ether oxygens (including phenoxy) is 1. The third-order valence-electron chi connectivity index (χ3n) is 5.24. The highest BCUT2D eigenvalue weighted by Crippen LogP contribution is 2.35. The number of benzene rings is 1. The lowest BCUT2D eigenvalue weighted by atomic mass is 9.99. The SMILES string of the molecule is OCc1ccc(C2=CC=CN(c3ccc(OC(F)(F)F)cc3)C2N2CCCC2)cn1. The van der Waals surface area contributed by atoms with Crippen LogP contribution in [0.2, 0.25) is 0 Å². The van der Waals surface area contributed by atoms with E-state index in [1.54, 1.807) is 24.4 Å². The summed E-state index contributed by atoms with van der Waals surface area (Å²) in [6, 6.07) is 9.64. The van der Waals surface area contributed by atoms with E-state index in [-0.39, 0.29) is 18.5 Å². The van der Waals surface area contributed by atoms with Gasteiger partial charge in [-0.3, -0.25) is 9.88 Å². The van der Waals surface area contributed by atoms with Gasteiger partial charge in [0.1, 0.15) is 11.9 Å². The minimum absolute atomic E-state index is 0.103. The molecule has 0 amide bonds. The van der Waals surface area contributed by atoms with E-state index in [1.165, 1.54) is 12.1 Å². The Morgan fingerprint density at radius 2 is 1.80 bits per heavy atom. The molecule has 5 nitrogen and oxygen atoms in total. The Morgan fingerprint density at radius 3 is 2.40 bits per heavy atom. The molecule has 1 saturated heterocycles. The van der Waals surface area contributed by atoms with Crippen LogP contribution in [0.15, 0.2) is 60.9 Å². The number of pyridine rings is 1. The molecule has 1 fully saturated rings. The number of anilines is 1. The van der Waals surface area contributed by atoms with Gasteiger partial charge in [-0.1, -0.05) is 12.1 Å². The average molecular weight is 417 g/mol. The van der Waals surface area contributed by atoms with Crippen LogP contribution in [0, 0.1) is 0 Å². The third kappa shape index (κ3) is 4.49. The van der Waals surface area contributed by atoms with E-state index < -0.39 is 6.36 Å². The lowest BCUT2D eigenvalue weighted by Crippen LogP contribution is -2.46. The summed E-state index contributed by atoms with van der Waals surface area (Å²) in [4.78, 5) is 8.71. The zero-order valence-electron chi connectivity index (χ0n) is 16.2. The van der Waals surface area contributed by atoms with Crippen molar-refractivity contribution in [3.8, 4) is 5.75 Å². The first kappa shape index (κ1) is 20.4. The maximum Gasteiger partial charge on any atom is 0.573 e. The fourth-order valence-corrected chi connectivity index (χ4v) is 3.90. The van der Waals surface area contributed by atoms with Gasteiger partial charge in [0.2, 0.25) is 0 Å². The molecule has 1 atom stereocenters. The van der Waals surface area contributed by atoms with Crippen LogP contribution < -0.4 is 9.64 Å². The number of hydrogen-bond acceptors (Lipinski definition) is 5. The van der Waals surface area contributed by atoms with Gasteiger partial charge in [-0.25, -0.2) is 0 Å². The van der Waals surface area contributed by atoms with E-state index in [2.05, 4.69) is 19.5 Å². The number of aliphatic hydroxyl groups is 1. The molecule has 8 heteroatoms. The summed E-state index contributed by atoms with van der Waals surface area (Å²) >= 11 is 0. The average Bonchev–Trinajstić information content (AvgIpc) is 3.27. The van der Waals surface area contributed by atoms with Crippen LogP contribution in [-0.4, -0.2) is 40.6 Å². The van der Waals surface area contributed by atoms with Gasteiger partial charge in [-0.2, -0.15) is 0 Å². The summed E-state index contributed by atoms with van der Waals surface area (Å²) in [6.07, 6.45) is 5.02. The molecule has 158 valence electrons. The van der Waals surface area contributed by atoms with Crippen molar-refractivity contribution < 1.29 is 23.0 Å². The zero-order chi connectivity index (χ0) is 21.1. The number of nitrogens with zero attached hydrogens (tertiary/aromatic N) is 3. The maximum absolute atomic E-state index is 12.5. The molecule has 2 aliphatic rings. The Kier molecular flexibility index (Phi) is 5.78. The molecule has 30 heavy (non-hydrogen) atoms. The van der Waals surface area contributed by atoms with Gasteiger partial charge in [0.25, 0.3) is 0 Å². The van der Waals surface area contributed by atoms with Gasteiger partial charge in [0.05, 0.1) is 12.3 Å². The predicted octanol–water partition coefficient (Wildman–Crippen LogP) is 4.31. The van der Waals surface area contributed by atoms with Crippen molar-refractivity contribution in [3.63, 3.8) is 0 Å². The first-order valence-corrected chi connectivity index (χ1v) is 9.77. The van der Waals surface area contributed by atoms with Gasteiger partial charge in [-0.05, 0) is 60.4 Å². The van der Waals surface area contributed by atoms with Gasteiger partial charge < -0.3 is 14.7 Å². The molecular formula is C22H22F3N3O2. The minimum atomic E-state index is -4.71. The number of alkyl halides is 3. The second kappa shape index (κ2) is 8.49. The van der Waals surface area contributed by atoms with Crippen molar-refractivity contribution in [2.24, 2.45) is 0 Å². The van der Waals surface area contributed by atoms with Crippen LogP contribution in [0.1, 0.15) is 24.1 Å². The van der Waals surface area contributed by atoms with Gasteiger partial charge in [0.15, 0.2) is 0 Å². The summed E-state index contributed by atoms with van der Waals surface area (Å²) in [5.41, 5.74) is 3.35. The van der Waals surface area contributed by atoms with E-state index in [9.17, 15) is 18.3 Å². The Bertz CT molecular complexity index is 918. The maximum atomic E-state index is 12.5. The lowest BCUT2D eigenvalue weighted by molar-refractivity contribution is -0.274. The van der Waals surface area contributed by atoms with Crippen molar-refractivity contribution in [1.82, 2.24) is 9.88 Å². The lowest BCUT2D eigenvalue weighted by Gasteiger charge is -2.40. The molecule has 1 aromatic carbocycles. The van der Waals surface area contributed by atoms with Crippen molar-refractivity contribution in [2.75, 3.05) is 18.0 Å². The molecule has 1 aromatic heterocycles. The quantitative estimate of drug-likeness (QED) is 0.786. The van der Waals surface area contributed by atoms with Crippen molar-refractivity contribution in [2.45, 2.75) is 32.0 Å². The third-order valence-corrected chi connectivity index (χ3v) is 5.24. The van der Waals surface area contributed by atoms with Crippen LogP contribution in [0.4, 0.5) is 18.9 Å². The number of likely N-dealkylation sites (tertiary alicyclic amines) is 1. The Morgan fingerprint density at radius 1 is 1.07 bits per heavy atom. The number of rotatable bonds is 5. The Labute approximate surface area is 172 Å². The molecule has 3 heterocycles. The van der Waals surface area contributed by atoms with Crippen LogP contribution in [-0.2, 0) is 6.61 Å². The van der Waals surface area contributed by atoms with Crippen LogP contribution in [0.3, 0.4) is 0 Å². The van der Waals surface area contributed by atoms with Gasteiger partial charge in [0, 0.05) is 31.2 Å². The number of allylic oxidation sites excluding steroid dienone is 2. The van der Waals surface area contributed by atoms with Crippen LogP contribution in [0.5, 0.6) is 5.75 Å². The molecule has 1 unspecified atom stereocenters. The fourth-order valence-electron chi connectivity index (χ4n) is 3.90. The second-order valence-electron chi connectivity index (χ2n) is 7.23. The molecule has 4 rings (SSSR count). The molecule has 2 aliphatic heterocycles. The zero-order valence-corrected chi connectivity index (χ0v) is 16.2. The highest BCUT2D eigenvalue weighted by atomic mass is 19.4. The van der Waals surface area contributed by atoms with Crippen LogP contribution in [0.25, 0.3) is 5.57 Å². The Hall–Kier alpha value is -2.84. The smallest absolute Gasteiger partial charge is 0.406 e. The minimum Gasteiger partial charge on any atom is -0.406 e. The molecule has 0 aliphatic carbocycles. The molecule has 0 radical (unpaired) electrons. The first-order valence-electron chi connectivity index (χ1n) is 9.77. The molecule has 0 spiro atoms. The van der Waals surface area contributed by atoms with Crippen LogP contribution >= 0.6 is 0 Å².